The number of nitrogens with zero attached hydrogens (tertiary/aromatic N) is 1. The molecule has 4 nitrogen and oxygen atoms in total. The van der Waals surface area contributed by atoms with Crippen molar-refractivity contribution in [1.82, 2.24) is 4.90 Å². The molecule has 0 spiro atoms. The van der Waals surface area contributed by atoms with E-state index in [1.54, 1.807) is 25.2 Å². The summed E-state index contributed by atoms with van der Waals surface area (Å²) in [4.78, 5) is 13.4. The van der Waals surface area contributed by atoms with Gasteiger partial charge in [0.25, 0.3) is 5.91 Å². The molecule has 0 aliphatic carbocycles. The van der Waals surface area contributed by atoms with E-state index in [0.717, 1.165) is 6.26 Å². The molecule has 0 aliphatic rings. The summed E-state index contributed by atoms with van der Waals surface area (Å²) in [5, 5.41) is 0. The summed E-state index contributed by atoms with van der Waals surface area (Å²) in [6.45, 7) is 0.193. The van der Waals surface area contributed by atoms with Crippen molar-refractivity contribution in [3.63, 3.8) is 0 Å². The third-order valence-electron chi connectivity index (χ3n) is 2.25. The summed E-state index contributed by atoms with van der Waals surface area (Å²) in [6, 6.07) is 7.06. The fraction of sp³-hybridized carbons (Fsp3) is 0.364. The molecule has 0 N–H and O–H groups in total. The maximum atomic E-state index is 12.0. The molecular formula is C11H14BrNO3S. The van der Waals surface area contributed by atoms with Crippen LogP contribution in [-0.4, -0.2) is 44.8 Å². The maximum absolute atomic E-state index is 12.0. The summed E-state index contributed by atoms with van der Waals surface area (Å²) < 4.78 is 22.7. The second-order valence-corrected chi connectivity index (χ2v) is 6.95. The molecule has 1 aromatic carbocycles. The first kappa shape index (κ1) is 14.2. The van der Waals surface area contributed by atoms with Crippen LogP contribution >= 0.6 is 15.9 Å². The van der Waals surface area contributed by atoms with Crippen LogP contribution in [0, 0.1) is 0 Å². The lowest BCUT2D eigenvalue weighted by Gasteiger charge is -2.17. The van der Waals surface area contributed by atoms with Crippen molar-refractivity contribution >= 4 is 31.7 Å². The molecule has 1 rings (SSSR count). The van der Waals surface area contributed by atoms with Gasteiger partial charge >= 0.3 is 0 Å². The number of carbonyl (C=O) groups is 1. The fourth-order valence-electron chi connectivity index (χ4n) is 1.24. The van der Waals surface area contributed by atoms with Crippen LogP contribution in [0.2, 0.25) is 0 Å². The first-order chi connectivity index (χ1) is 7.81. The van der Waals surface area contributed by atoms with Crippen LogP contribution in [0.1, 0.15) is 10.4 Å². The fourth-order valence-corrected chi connectivity index (χ4v) is 2.30. The van der Waals surface area contributed by atoms with Crippen LogP contribution in [-0.2, 0) is 9.84 Å². The smallest absolute Gasteiger partial charge is 0.254 e. The molecule has 0 aliphatic heterocycles. The first-order valence-electron chi connectivity index (χ1n) is 4.99. The first-order valence-corrected chi connectivity index (χ1v) is 7.84. The van der Waals surface area contributed by atoms with E-state index in [9.17, 15) is 13.2 Å². The van der Waals surface area contributed by atoms with Crippen LogP contribution in [0.4, 0.5) is 0 Å². The molecule has 1 aromatic rings. The molecule has 0 unspecified atom stereocenters. The minimum atomic E-state index is -3.05. The highest BCUT2D eigenvalue weighted by atomic mass is 79.9. The average Bonchev–Trinajstić information content (AvgIpc) is 2.24. The highest BCUT2D eigenvalue weighted by Gasteiger charge is 2.15. The van der Waals surface area contributed by atoms with E-state index in [-0.39, 0.29) is 18.2 Å². The van der Waals surface area contributed by atoms with E-state index in [4.69, 9.17) is 0 Å². The average molecular weight is 320 g/mol. The van der Waals surface area contributed by atoms with Crippen LogP contribution in [0.5, 0.6) is 0 Å². The minimum Gasteiger partial charge on any atom is -0.341 e. The molecular weight excluding hydrogens is 306 g/mol. The van der Waals surface area contributed by atoms with Gasteiger partial charge in [0.05, 0.1) is 11.3 Å². The van der Waals surface area contributed by atoms with Gasteiger partial charge in [0.2, 0.25) is 0 Å². The largest absolute Gasteiger partial charge is 0.341 e. The standard InChI is InChI=1S/C11H14BrNO3S/c1-13(7-8-17(2,15)16)11(14)9-5-3-4-6-10(9)12/h3-6H,7-8H2,1-2H3. The number of hydrogen-bond donors (Lipinski definition) is 0. The molecule has 94 valence electrons. The van der Waals surface area contributed by atoms with Gasteiger partial charge in [-0.15, -0.1) is 0 Å². The van der Waals surface area contributed by atoms with Gasteiger partial charge in [-0.25, -0.2) is 8.42 Å². The Morgan fingerprint density at radius 3 is 2.47 bits per heavy atom. The van der Waals surface area contributed by atoms with E-state index in [2.05, 4.69) is 15.9 Å². The lowest BCUT2D eigenvalue weighted by atomic mass is 10.2. The molecule has 1 amide bonds. The summed E-state index contributed by atoms with van der Waals surface area (Å²) in [5.74, 6) is -0.221. The molecule has 6 heteroatoms. The van der Waals surface area contributed by atoms with E-state index >= 15 is 0 Å². The second-order valence-electron chi connectivity index (χ2n) is 3.84. The van der Waals surface area contributed by atoms with Gasteiger partial charge in [-0.05, 0) is 28.1 Å². The van der Waals surface area contributed by atoms with E-state index in [1.807, 2.05) is 6.07 Å². The highest BCUT2D eigenvalue weighted by Crippen LogP contribution is 2.17. The van der Waals surface area contributed by atoms with Crippen molar-refractivity contribution in [2.75, 3.05) is 25.6 Å². The number of sulfone groups is 1. The van der Waals surface area contributed by atoms with Crippen LogP contribution in [0.15, 0.2) is 28.7 Å². The Morgan fingerprint density at radius 1 is 1.35 bits per heavy atom. The molecule has 0 fully saturated rings. The second kappa shape index (κ2) is 5.64. The lowest BCUT2D eigenvalue weighted by Crippen LogP contribution is -2.31. The molecule has 17 heavy (non-hydrogen) atoms. The SMILES string of the molecule is CN(CCS(C)(=O)=O)C(=O)c1ccccc1Br. The Bertz CT molecular complexity index is 513. The number of rotatable bonds is 4. The lowest BCUT2D eigenvalue weighted by molar-refractivity contribution is 0.0802. The number of benzene rings is 1. The highest BCUT2D eigenvalue weighted by molar-refractivity contribution is 9.10. The van der Waals surface area contributed by atoms with Gasteiger partial charge in [-0.2, -0.15) is 0 Å². The van der Waals surface area contributed by atoms with Gasteiger partial charge in [-0.3, -0.25) is 4.79 Å². The number of halogens is 1. The zero-order valence-corrected chi connectivity index (χ0v) is 12.1. The predicted octanol–water partition coefficient (Wildman–Crippen LogP) is 1.57. The summed E-state index contributed by atoms with van der Waals surface area (Å²) in [7, 11) is -1.46. The minimum absolute atomic E-state index is 0.0281. The molecule has 0 saturated carbocycles. The molecule has 0 atom stereocenters. The van der Waals surface area contributed by atoms with Gasteiger partial charge in [0.1, 0.15) is 9.84 Å². The van der Waals surface area contributed by atoms with Crippen molar-refractivity contribution < 1.29 is 13.2 Å². The van der Waals surface area contributed by atoms with E-state index in [0.29, 0.717) is 10.0 Å². The van der Waals surface area contributed by atoms with Crippen LogP contribution in [0.25, 0.3) is 0 Å². The van der Waals surface area contributed by atoms with E-state index < -0.39 is 9.84 Å². The summed E-state index contributed by atoms with van der Waals surface area (Å²) in [5.41, 5.74) is 0.531. The molecule has 0 saturated heterocycles. The third kappa shape index (κ3) is 4.47. The molecule has 0 heterocycles. The zero-order chi connectivity index (χ0) is 13.1. The number of hydrogen-bond acceptors (Lipinski definition) is 3. The Balaban J connectivity index is 2.74. The third-order valence-corrected chi connectivity index (χ3v) is 3.86. The zero-order valence-electron chi connectivity index (χ0n) is 9.68. The number of amides is 1. The van der Waals surface area contributed by atoms with Gasteiger partial charge in [0, 0.05) is 24.3 Å². The van der Waals surface area contributed by atoms with Crippen LogP contribution < -0.4 is 0 Å². The normalized spacial score (nSPS) is 11.2. The van der Waals surface area contributed by atoms with Crippen molar-refractivity contribution in [1.29, 1.82) is 0 Å². The van der Waals surface area contributed by atoms with Crippen molar-refractivity contribution in [3.8, 4) is 0 Å². The maximum Gasteiger partial charge on any atom is 0.254 e. The summed E-state index contributed by atoms with van der Waals surface area (Å²) in [6.07, 6.45) is 1.16. The van der Waals surface area contributed by atoms with Crippen molar-refractivity contribution in [3.05, 3.63) is 34.3 Å². The monoisotopic (exact) mass is 319 g/mol. The van der Waals surface area contributed by atoms with Crippen molar-refractivity contribution in [2.45, 2.75) is 0 Å². The van der Waals surface area contributed by atoms with E-state index in [1.165, 1.54) is 4.90 Å². The van der Waals surface area contributed by atoms with Gasteiger partial charge in [-0.1, -0.05) is 12.1 Å². The molecule has 0 bridgehead atoms. The van der Waals surface area contributed by atoms with Gasteiger partial charge < -0.3 is 4.90 Å². The predicted molar refractivity (Wildman–Crippen MR) is 70.8 cm³/mol. The van der Waals surface area contributed by atoms with Crippen LogP contribution in [0.3, 0.4) is 0 Å². The topological polar surface area (TPSA) is 54.5 Å². The summed E-state index contributed by atoms with van der Waals surface area (Å²) >= 11 is 3.29. The molecule has 0 radical (unpaired) electrons. The Labute approximate surface area is 110 Å². The Morgan fingerprint density at radius 2 is 1.94 bits per heavy atom. The Kier molecular flexibility index (Phi) is 4.70. The molecule has 0 aromatic heterocycles. The quantitative estimate of drug-likeness (QED) is 0.846. The number of carbonyl (C=O) groups excluding carboxylic acids is 1. The van der Waals surface area contributed by atoms with Gasteiger partial charge in [0.15, 0.2) is 0 Å². The van der Waals surface area contributed by atoms with Crippen molar-refractivity contribution in [2.24, 2.45) is 0 Å². The Hall–Kier alpha value is -0.880.